The number of aromatic nitrogens is 2. The molecule has 0 atom stereocenters. The minimum Gasteiger partial charge on any atom is -0.356 e. The third-order valence-corrected chi connectivity index (χ3v) is 3.30. The van der Waals surface area contributed by atoms with Gasteiger partial charge in [0.1, 0.15) is 0 Å². The predicted octanol–water partition coefficient (Wildman–Crippen LogP) is 0.996. The topological polar surface area (TPSA) is 84.0 Å². The molecule has 1 aromatic heterocycles. The van der Waals surface area contributed by atoms with E-state index in [-0.39, 0.29) is 30.0 Å². The lowest BCUT2D eigenvalue weighted by atomic mass is 10.2. The van der Waals surface area contributed by atoms with Crippen molar-refractivity contribution in [2.45, 2.75) is 32.7 Å². The fraction of sp³-hybridized carbons (Fsp3) is 0.400. The molecular weight excluding hydrogens is 270 g/mol. The maximum absolute atomic E-state index is 12.2. The van der Waals surface area contributed by atoms with Crippen molar-refractivity contribution < 1.29 is 4.79 Å². The van der Waals surface area contributed by atoms with Crippen LogP contribution >= 0.6 is 0 Å². The minimum absolute atomic E-state index is 0.121. The number of H-pyrrole nitrogens is 1. The SMILES string of the molecule is CCCCNC(=O)CCn1[nH]c(=O)c2ccccc2c1=O. The van der Waals surface area contributed by atoms with Crippen LogP contribution in [0.3, 0.4) is 0 Å². The number of carbonyl (C=O) groups excluding carboxylic acids is 1. The zero-order valence-corrected chi connectivity index (χ0v) is 12.0. The molecule has 0 aliphatic carbocycles. The second-order valence-electron chi connectivity index (χ2n) is 4.90. The molecular formula is C15H19N3O3. The molecule has 0 radical (unpaired) electrons. The van der Waals surface area contributed by atoms with Gasteiger partial charge in [-0.3, -0.25) is 19.5 Å². The third-order valence-electron chi connectivity index (χ3n) is 3.30. The van der Waals surface area contributed by atoms with E-state index < -0.39 is 0 Å². The fourth-order valence-corrected chi connectivity index (χ4v) is 2.11. The van der Waals surface area contributed by atoms with Crippen molar-refractivity contribution in [1.29, 1.82) is 0 Å². The highest BCUT2D eigenvalue weighted by molar-refractivity contribution is 5.80. The lowest BCUT2D eigenvalue weighted by Gasteiger charge is -2.07. The van der Waals surface area contributed by atoms with E-state index in [2.05, 4.69) is 10.4 Å². The number of nitrogens with one attached hydrogen (secondary N) is 2. The number of carbonyl (C=O) groups is 1. The van der Waals surface area contributed by atoms with E-state index in [1.54, 1.807) is 24.3 Å². The summed E-state index contributed by atoms with van der Waals surface area (Å²) in [5, 5.41) is 6.02. The molecule has 0 saturated carbocycles. The van der Waals surface area contributed by atoms with Gasteiger partial charge < -0.3 is 5.32 Å². The second-order valence-corrected chi connectivity index (χ2v) is 4.90. The summed E-state index contributed by atoms with van der Waals surface area (Å²) in [5.74, 6) is -0.121. The maximum Gasteiger partial charge on any atom is 0.273 e. The largest absolute Gasteiger partial charge is 0.356 e. The molecule has 6 heteroatoms. The molecule has 0 aliphatic rings. The first-order valence-electron chi connectivity index (χ1n) is 7.12. The predicted molar refractivity (Wildman–Crippen MR) is 81.4 cm³/mol. The molecule has 0 spiro atoms. The zero-order chi connectivity index (χ0) is 15.2. The number of amides is 1. The van der Waals surface area contributed by atoms with E-state index in [1.165, 1.54) is 4.68 Å². The average Bonchev–Trinajstić information content (AvgIpc) is 2.50. The number of hydrogen-bond donors (Lipinski definition) is 2. The minimum atomic E-state index is -0.323. The Morgan fingerprint density at radius 3 is 2.67 bits per heavy atom. The monoisotopic (exact) mass is 289 g/mol. The molecule has 112 valence electrons. The van der Waals surface area contributed by atoms with Gasteiger partial charge in [-0.15, -0.1) is 0 Å². The van der Waals surface area contributed by atoms with Crippen molar-refractivity contribution in [1.82, 2.24) is 15.1 Å². The Hall–Kier alpha value is -2.37. The summed E-state index contributed by atoms with van der Waals surface area (Å²) in [4.78, 5) is 35.7. The smallest absolute Gasteiger partial charge is 0.273 e. The number of hydrogen-bond acceptors (Lipinski definition) is 3. The van der Waals surface area contributed by atoms with Crippen LogP contribution < -0.4 is 16.4 Å². The molecule has 1 heterocycles. The van der Waals surface area contributed by atoms with Gasteiger partial charge in [-0.1, -0.05) is 25.5 Å². The number of rotatable bonds is 6. The summed E-state index contributed by atoms with van der Waals surface area (Å²) >= 11 is 0. The van der Waals surface area contributed by atoms with Crippen molar-refractivity contribution in [3.8, 4) is 0 Å². The quantitative estimate of drug-likeness (QED) is 0.778. The highest BCUT2D eigenvalue weighted by Crippen LogP contribution is 2.02. The van der Waals surface area contributed by atoms with Gasteiger partial charge in [-0.2, -0.15) is 0 Å². The van der Waals surface area contributed by atoms with E-state index in [4.69, 9.17) is 0 Å². The van der Waals surface area contributed by atoms with Gasteiger partial charge in [0.25, 0.3) is 11.1 Å². The summed E-state index contributed by atoms with van der Waals surface area (Å²) in [6, 6.07) is 6.65. The fourth-order valence-electron chi connectivity index (χ4n) is 2.11. The summed E-state index contributed by atoms with van der Waals surface area (Å²) in [6.07, 6.45) is 2.11. The summed E-state index contributed by atoms with van der Waals surface area (Å²) in [6.45, 7) is 2.85. The summed E-state index contributed by atoms with van der Waals surface area (Å²) in [5.41, 5.74) is -0.608. The van der Waals surface area contributed by atoms with Gasteiger partial charge in [0.05, 0.1) is 17.3 Å². The van der Waals surface area contributed by atoms with Crippen molar-refractivity contribution in [3.63, 3.8) is 0 Å². The number of aromatic amines is 1. The lowest BCUT2D eigenvalue weighted by molar-refractivity contribution is -0.121. The molecule has 2 N–H and O–H groups in total. The molecule has 0 unspecified atom stereocenters. The first kappa shape index (κ1) is 15.0. The van der Waals surface area contributed by atoms with Crippen LogP contribution in [-0.2, 0) is 11.3 Å². The number of nitrogens with zero attached hydrogens (tertiary/aromatic N) is 1. The van der Waals surface area contributed by atoms with Gasteiger partial charge in [-0.05, 0) is 18.6 Å². The molecule has 1 amide bonds. The van der Waals surface area contributed by atoms with Gasteiger partial charge >= 0.3 is 0 Å². The first-order valence-corrected chi connectivity index (χ1v) is 7.12. The molecule has 2 aromatic rings. The van der Waals surface area contributed by atoms with E-state index in [1.807, 2.05) is 6.92 Å². The van der Waals surface area contributed by atoms with E-state index in [0.29, 0.717) is 17.3 Å². The summed E-state index contributed by atoms with van der Waals surface area (Å²) in [7, 11) is 0. The normalized spacial score (nSPS) is 10.7. The molecule has 0 aliphatic heterocycles. The van der Waals surface area contributed by atoms with Crippen LogP contribution in [0.25, 0.3) is 10.8 Å². The highest BCUT2D eigenvalue weighted by atomic mass is 16.2. The maximum atomic E-state index is 12.2. The molecule has 6 nitrogen and oxygen atoms in total. The van der Waals surface area contributed by atoms with Crippen LogP contribution in [-0.4, -0.2) is 22.2 Å². The zero-order valence-electron chi connectivity index (χ0n) is 12.0. The molecule has 2 rings (SSSR count). The van der Waals surface area contributed by atoms with E-state index in [9.17, 15) is 14.4 Å². The van der Waals surface area contributed by atoms with Crippen LogP contribution in [0, 0.1) is 0 Å². The average molecular weight is 289 g/mol. The van der Waals surface area contributed by atoms with Crippen LogP contribution in [0.1, 0.15) is 26.2 Å². The Morgan fingerprint density at radius 2 is 1.95 bits per heavy atom. The van der Waals surface area contributed by atoms with Gasteiger partial charge in [-0.25, -0.2) is 4.68 Å². The Balaban J connectivity index is 2.13. The van der Waals surface area contributed by atoms with Crippen LogP contribution in [0.5, 0.6) is 0 Å². The second kappa shape index (κ2) is 6.88. The van der Waals surface area contributed by atoms with Crippen molar-refractivity contribution >= 4 is 16.7 Å². The number of unbranched alkanes of at least 4 members (excludes halogenated alkanes) is 1. The number of aryl methyl sites for hydroxylation is 1. The van der Waals surface area contributed by atoms with Gasteiger partial charge in [0.2, 0.25) is 5.91 Å². The van der Waals surface area contributed by atoms with Crippen molar-refractivity contribution in [2.75, 3.05) is 6.54 Å². The molecule has 0 bridgehead atoms. The Kier molecular flexibility index (Phi) is 4.92. The standard InChI is InChI=1S/C15H19N3O3/c1-2-3-9-16-13(19)8-10-18-15(21)12-7-5-4-6-11(12)14(20)17-18/h4-7H,2-3,8-10H2,1H3,(H,16,19)(H,17,20). The molecule has 0 fully saturated rings. The third kappa shape index (κ3) is 3.59. The van der Waals surface area contributed by atoms with Crippen LogP contribution in [0.2, 0.25) is 0 Å². The van der Waals surface area contributed by atoms with Gasteiger partial charge in [0.15, 0.2) is 0 Å². The highest BCUT2D eigenvalue weighted by Gasteiger charge is 2.08. The first-order chi connectivity index (χ1) is 10.1. The van der Waals surface area contributed by atoms with Crippen molar-refractivity contribution in [2.24, 2.45) is 0 Å². The molecule has 21 heavy (non-hydrogen) atoms. The Bertz CT molecular complexity index is 746. The number of fused-ring (bicyclic) bond motifs is 1. The van der Waals surface area contributed by atoms with Crippen molar-refractivity contribution in [3.05, 3.63) is 45.0 Å². The van der Waals surface area contributed by atoms with E-state index >= 15 is 0 Å². The Morgan fingerprint density at radius 1 is 1.24 bits per heavy atom. The lowest BCUT2D eigenvalue weighted by Crippen LogP contribution is -2.32. The number of benzene rings is 1. The Labute approximate surface area is 121 Å². The van der Waals surface area contributed by atoms with E-state index in [0.717, 1.165) is 12.8 Å². The summed E-state index contributed by atoms with van der Waals surface area (Å²) < 4.78 is 1.20. The molecule has 0 saturated heterocycles. The van der Waals surface area contributed by atoms with Crippen LogP contribution in [0.4, 0.5) is 0 Å². The van der Waals surface area contributed by atoms with Gasteiger partial charge in [0, 0.05) is 13.0 Å². The molecule has 1 aromatic carbocycles. The van der Waals surface area contributed by atoms with Crippen LogP contribution in [0.15, 0.2) is 33.9 Å².